The summed E-state index contributed by atoms with van der Waals surface area (Å²) >= 11 is 0. The molecule has 0 spiro atoms. The van der Waals surface area contributed by atoms with Gasteiger partial charge in [-0.05, 0) is 64.8 Å². The molecule has 0 radical (unpaired) electrons. The lowest BCUT2D eigenvalue weighted by Crippen LogP contribution is -2.38. The summed E-state index contributed by atoms with van der Waals surface area (Å²) in [4.78, 5) is 14.1. The van der Waals surface area contributed by atoms with Gasteiger partial charge in [-0.25, -0.2) is 0 Å². The molecule has 2 N–H and O–H groups in total. The molecule has 0 saturated carbocycles. The van der Waals surface area contributed by atoms with Crippen molar-refractivity contribution in [2.45, 2.75) is 39.0 Å². The molecule has 0 bridgehead atoms. The summed E-state index contributed by atoms with van der Waals surface area (Å²) in [5, 5.41) is 6.13. The minimum atomic E-state index is 0.209. The minimum Gasteiger partial charge on any atom is -0.356 e. The van der Waals surface area contributed by atoms with Crippen molar-refractivity contribution in [3.05, 3.63) is 0 Å². The summed E-state index contributed by atoms with van der Waals surface area (Å²) in [6, 6.07) is 0. The molecule has 1 aliphatic rings. The zero-order chi connectivity index (χ0) is 13.2. The second kappa shape index (κ2) is 9.34. The summed E-state index contributed by atoms with van der Waals surface area (Å²) < 4.78 is 0. The number of hydrogen-bond donors (Lipinski definition) is 2. The minimum absolute atomic E-state index is 0.209. The van der Waals surface area contributed by atoms with Crippen molar-refractivity contribution >= 4 is 5.91 Å². The summed E-state index contributed by atoms with van der Waals surface area (Å²) in [6.07, 6.45) is 5.28. The average molecular weight is 255 g/mol. The van der Waals surface area contributed by atoms with E-state index in [4.69, 9.17) is 0 Å². The van der Waals surface area contributed by atoms with Crippen molar-refractivity contribution in [3.63, 3.8) is 0 Å². The quantitative estimate of drug-likeness (QED) is 0.641. The van der Waals surface area contributed by atoms with Crippen molar-refractivity contribution in [2.24, 2.45) is 5.92 Å². The molecule has 1 fully saturated rings. The van der Waals surface area contributed by atoms with Gasteiger partial charge in [0.25, 0.3) is 0 Å². The summed E-state index contributed by atoms with van der Waals surface area (Å²) in [6.45, 7) is 7.66. The fraction of sp³-hybridized carbons (Fsp3) is 0.929. The molecule has 4 heteroatoms. The number of rotatable bonds is 8. The van der Waals surface area contributed by atoms with Gasteiger partial charge in [-0.2, -0.15) is 0 Å². The van der Waals surface area contributed by atoms with Gasteiger partial charge in [0.1, 0.15) is 0 Å². The molecule has 18 heavy (non-hydrogen) atoms. The standard InChI is InChI=1S/C14H29N3O/c1-3-9-17-10-6-13(7-11-17)12-16-14(18)5-4-8-15-2/h13,15H,3-12H2,1-2H3,(H,16,18). The van der Waals surface area contributed by atoms with Crippen LogP contribution in [0.4, 0.5) is 0 Å². The van der Waals surface area contributed by atoms with Crippen LogP contribution in [0, 0.1) is 5.92 Å². The third-order valence-corrected chi connectivity index (χ3v) is 3.67. The Labute approximate surface area is 111 Å². The number of carbonyl (C=O) groups is 1. The summed E-state index contributed by atoms with van der Waals surface area (Å²) in [7, 11) is 1.92. The highest BCUT2D eigenvalue weighted by Gasteiger charge is 2.18. The van der Waals surface area contributed by atoms with E-state index in [1.165, 1.54) is 38.9 Å². The highest BCUT2D eigenvalue weighted by Crippen LogP contribution is 2.16. The van der Waals surface area contributed by atoms with Crippen LogP contribution in [0.3, 0.4) is 0 Å². The summed E-state index contributed by atoms with van der Waals surface area (Å²) in [5.74, 6) is 0.896. The Hall–Kier alpha value is -0.610. The average Bonchev–Trinajstić information content (AvgIpc) is 2.39. The number of nitrogens with zero attached hydrogens (tertiary/aromatic N) is 1. The molecule has 0 aromatic carbocycles. The Morgan fingerprint density at radius 3 is 2.67 bits per heavy atom. The first-order chi connectivity index (χ1) is 8.76. The second-order valence-corrected chi connectivity index (χ2v) is 5.30. The maximum absolute atomic E-state index is 11.6. The van der Waals surface area contributed by atoms with Crippen LogP contribution in [0.2, 0.25) is 0 Å². The predicted octanol–water partition coefficient (Wildman–Crippen LogP) is 1.22. The molecule has 4 nitrogen and oxygen atoms in total. The normalized spacial score (nSPS) is 17.9. The van der Waals surface area contributed by atoms with E-state index in [1.54, 1.807) is 0 Å². The molecule has 106 valence electrons. The van der Waals surface area contributed by atoms with Crippen LogP contribution in [0.25, 0.3) is 0 Å². The van der Waals surface area contributed by atoms with Gasteiger partial charge in [-0.15, -0.1) is 0 Å². The molecule has 1 amide bonds. The fourth-order valence-electron chi connectivity index (χ4n) is 2.50. The van der Waals surface area contributed by atoms with E-state index < -0.39 is 0 Å². The number of nitrogens with one attached hydrogen (secondary N) is 2. The molecule has 1 saturated heterocycles. The number of likely N-dealkylation sites (tertiary alicyclic amines) is 1. The number of carbonyl (C=O) groups excluding carboxylic acids is 1. The van der Waals surface area contributed by atoms with Gasteiger partial charge >= 0.3 is 0 Å². The van der Waals surface area contributed by atoms with Crippen LogP contribution >= 0.6 is 0 Å². The van der Waals surface area contributed by atoms with Crippen molar-refractivity contribution in [1.82, 2.24) is 15.5 Å². The van der Waals surface area contributed by atoms with Gasteiger partial charge in [-0.3, -0.25) is 4.79 Å². The fourth-order valence-corrected chi connectivity index (χ4v) is 2.50. The van der Waals surface area contributed by atoms with Gasteiger partial charge in [-0.1, -0.05) is 6.92 Å². The topological polar surface area (TPSA) is 44.4 Å². The van der Waals surface area contributed by atoms with Crippen LogP contribution < -0.4 is 10.6 Å². The largest absolute Gasteiger partial charge is 0.356 e. The third kappa shape index (κ3) is 6.36. The molecule has 0 aliphatic carbocycles. The van der Waals surface area contributed by atoms with Crippen LogP contribution in [-0.4, -0.2) is 50.6 Å². The van der Waals surface area contributed by atoms with E-state index in [2.05, 4.69) is 22.5 Å². The van der Waals surface area contributed by atoms with E-state index in [0.717, 1.165) is 19.5 Å². The molecule has 0 atom stereocenters. The van der Waals surface area contributed by atoms with Crippen LogP contribution in [0.1, 0.15) is 39.0 Å². The van der Waals surface area contributed by atoms with Gasteiger partial charge in [0, 0.05) is 13.0 Å². The highest BCUT2D eigenvalue weighted by molar-refractivity contribution is 5.75. The van der Waals surface area contributed by atoms with Crippen molar-refractivity contribution in [2.75, 3.05) is 39.8 Å². The van der Waals surface area contributed by atoms with Crippen molar-refractivity contribution in [1.29, 1.82) is 0 Å². The molecule has 1 rings (SSSR count). The van der Waals surface area contributed by atoms with Crippen LogP contribution in [0.5, 0.6) is 0 Å². The second-order valence-electron chi connectivity index (χ2n) is 5.30. The van der Waals surface area contributed by atoms with E-state index in [1.807, 2.05) is 7.05 Å². The Balaban J connectivity index is 2.04. The molecule has 1 aliphatic heterocycles. The van der Waals surface area contributed by atoms with Crippen molar-refractivity contribution in [3.8, 4) is 0 Å². The molecule has 1 heterocycles. The maximum Gasteiger partial charge on any atom is 0.220 e. The lowest BCUT2D eigenvalue weighted by molar-refractivity contribution is -0.121. The Morgan fingerprint density at radius 1 is 1.33 bits per heavy atom. The smallest absolute Gasteiger partial charge is 0.220 e. The Morgan fingerprint density at radius 2 is 2.06 bits per heavy atom. The SMILES string of the molecule is CCCN1CCC(CNC(=O)CCCNC)CC1. The van der Waals surface area contributed by atoms with Crippen LogP contribution in [0.15, 0.2) is 0 Å². The zero-order valence-electron chi connectivity index (χ0n) is 12.0. The first-order valence-corrected chi connectivity index (χ1v) is 7.40. The zero-order valence-corrected chi connectivity index (χ0v) is 12.0. The predicted molar refractivity (Wildman–Crippen MR) is 75.6 cm³/mol. The van der Waals surface area contributed by atoms with E-state index in [-0.39, 0.29) is 5.91 Å². The first-order valence-electron chi connectivity index (χ1n) is 7.40. The summed E-state index contributed by atoms with van der Waals surface area (Å²) in [5.41, 5.74) is 0. The number of piperidine rings is 1. The van der Waals surface area contributed by atoms with Crippen molar-refractivity contribution < 1.29 is 4.79 Å². The lowest BCUT2D eigenvalue weighted by atomic mass is 9.96. The Bertz CT molecular complexity index is 225. The number of hydrogen-bond acceptors (Lipinski definition) is 3. The molecule has 0 aromatic rings. The monoisotopic (exact) mass is 255 g/mol. The Kier molecular flexibility index (Phi) is 8.01. The lowest BCUT2D eigenvalue weighted by Gasteiger charge is -2.31. The molecular formula is C14H29N3O. The highest BCUT2D eigenvalue weighted by atomic mass is 16.1. The molecule has 0 unspecified atom stereocenters. The molecular weight excluding hydrogens is 226 g/mol. The van der Waals surface area contributed by atoms with Gasteiger partial charge in [0.2, 0.25) is 5.91 Å². The van der Waals surface area contributed by atoms with Gasteiger partial charge in [0.15, 0.2) is 0 Å². The van der Waals surface area contributed by atoms with E-state index >= 15 is 0 Å². The van der Waals surface area contributed by atoms with Gasteiger partial charge in [0.05, 0.1) is 0 Å². The maximum atomic E-state index is 11.6. The molecule has 0 aromatic heterocycles. The number of amides is 1. The first kappa shape index (κ1) is 15.4. The van der Waals surface area contributed by atoms with E-state index in [0.29, 0.717) is 12.3 Å². The van der Waals surface area contributed by atoms with E-state index in [9.17, 15) is 4.79 Å². The van der Waals surface area contributed by atoms with Gasteiger partial charge < -0.3 is 15.5 Å². The van der Waals surface area contributed by atoms with Crippen LogP contribution in [-0.2, 0) is 4.79 Å². The third-order valence-electron chi connectivity index (χ3n) is 3.67.